The molecule has 0 bridgehead atoms. The van der Waals surface area contributed by atoms with Gasteiger partial charge in [-0.1, -0.05) is 23.7 Å². The number of hydrogen-bond donors (Lipinski definition) is 1. The van der Waals surface area contributed by atoms with E-state index in [-0.39, 0.29) is 11.3 Å². The summed E-state index contributed by atoms with van der Waals surface area (Å²) in [4.78, 5) is 23.8. The molecule has 1 amide bonds. The highest BCUT2D eigenvalue weighted by Crippen LogP contribution is 2.20. The predicted octanol–water partition coefficient (Wildman–Crippen LogP) is 4.05. The Balaban J connectivity index is 1.93. The summed E-state index contributed by atoms with van der Waals surface area (Å²) < 4.78 is 33.4. The second-order valence-corrected chi connectivity index (χ2v) is 5.43. The third-order valence-electron chi connectivity index (χ3n) is 3.10. The number of esters is 1. The summed E-state index contributed by atoms with van der Waals surface area (Å²) in [7, 11) is 0. The molecule has 0 aromatic heterocycles. The molecule has 0 saturated heterocycles. The van der Waals surface area contributed by atoms with Crippen LogP contribution in [0.5, 0.6) is 5.75 Å². The van der Waals surface area contributed by atoms with E-state index in [4.69, 9.17) is 16.3 Å². The third-order valence-corrected chi connectivity index (χ3v) is 3.34. The number of benzene rings is 2. The molecule has 2 aromatic rings. The quantitative estimate of drug-likeness (QED) is 0.780. The second kappa shape index (κ2) is 8.43. The summed E-state index contributed by atoms with van der Waals surface area (Å²) in [5, 5.41) is 3.02. The van der Waals surface area contributed by atoms with Crippen molar-refractivity contribution in [3.05, 3.63) is 58.6 Å². The van der Waals surface area contributed by atoms with E-state index in [0.29, 0.717) is 10.7 Å². The molecule has 0 aliphatic rings. The summed E-state index contributed by atoms with van der Waals surface area (Å²) in [6.07, 6.45) is 0. The van der Waals surface area contributed by atoms with Crippen LogP contribution in [0, 0.1) is 6.92 Å². The number of carbonyl (C=O) groups excluding carboxylic acids is 2. The van der Waals surface area contributed by atoms with Gasteiger partial charge < -0.3 is 14.8 Å². The molecule has 1 N–H and O–H groups in total. The number of nitrogens with one attached hydrogen (secondary N) is 1. The van der Waals surface area contributed by atoms with E-state index in [1.807, 2.05) is 0 Å². The molecule has 2 rings (SSSR count). The van der Waals surface area contributed by atoms with Crippen molar-refractivity contribution in [2.75, 3.05) is 11.9 Å². The fourth-order valence-electron chi connectivity index (χ4n) is 1.93. The van der Waals surface area contributed by atoms with Crippen LogP contribution in [0.1, 0.15) is 15.9 Å². The Morgan fingerprint density at radius 1 is 1.20 bits per heavy atom. The Labute approximate surface area is 147 Å². The lowest BCUT2D eigenvalue weighted by molar-refractivity contribution is -0.119. The number of carbonyl (C=O) groups is 2. The molecule has 0 aliphatic heterocycles. The average molecular weight is 370 g/mol. The Kier molecular flexibility index (Phi) is 6.30. The molecular weight excluding hydrogens is 356 g/mol. The first-order chi connectivity index (χ1) is 11.8. The van der Waals surface area contributed by atoms with Crippen LogP contribution in [0.15, 0.2) is 42.5 Å². The van der Waals surface area contributed by atoms with E-state index in [0.717, 1.165) is 11.6 Å². The standard InChI is InChI=1S/C17H14ClF2NO4/c1-10-5-6-12(18)8-14(10)21-15(22)9-24-16(23)11-3-2-4-13(7-11)25-17(19)20/h2-8,17H,9H2,1H3,(H,21,22). The number of halogens is 3. The van der Waals surface area contributed by atoms with Crippen molar-refractivity contribution in [2.45, 2.75) is 13.5 Å². The van der Waals surface area contributed by atoms with Crippen LogP contribution in [0.4, 0.5) is 14.5 Å². The lowest BCUT2D eigenvalue weighted by Crippen LogP contribution is -2.21. The number of alkyl halides is 2. The molecule has 0 radical (unpaired) electrons. The number of ether oxygens (including phenoxy) is 2. The zero-order valence-corrected chi connectivity index (χ0v) is 13.8. The molecule has 132 valence electrons. The van der Waals surface area contributed by atoms with Gasteiger partial charge in [0.15, 0.2) is 6.61 Å². The van der Waals surface area contributed by atoms with Crippen LogP contribution in [0.25, 0.3) is 0 Å². The van der Waals surface area contributed by atoms with E-state index in [1.165, 1.54) is 18.2 Å². The van der Waals surface area contributed by atoms with Crippen molar-refractivity contribution in [3.63, 3.8) is 0 Å². The zero-order valence-electron chi connectivity index (χ0n) is 13.1. The van der Waals surface area contributed by atoms with Crippen LogP contribution >= 0.6 is 11.6 Å². The zero-order chi connectivity index (χ0) is 18.4. The maximum absolute atomic E-state index is 12.2. The predicted molar refractivity (Wildman–Crippen MR) is 88.2 cm³/mol. The van der Waals surface area contributed by atoms with Crippen LogP contribution in [0.3, 0.4) is 0 Å². The SMILES string of the molecule is Cc1ccc(Cl)cc1NC(=O)COC(=O)c1cccc(OC(F)F)c1. The maximum atomic E-state index is 12.2. The third kappa shape index (κ3) is 5.72. The monoisotopic (exact) mass is 369 g/mol. The Hall–Kier alpha value is -2.67. The fourth-order valence-corrected chi connectivity index (χ4v) is 2.10. The molecule has 8 heteroatoms. The first-order valence-electron chi connectivity index (χ1n) is 7.13. The van der Waals surface area contributed by atoms with Gasteiger partial charge in [-0.15, -0.1) is 0 Å². The van der Waals surface area contributed by atoms with Crippen molar-refractivity contribution in [2.24, 2.45) is 0 Å². The summed E-state index contributed by atoms with van der Waals surface area (Å²) >= 11 is 5.86. The number of aryl methyl sites for hydroxylation is 1. The van der Waals surface area contributed by atoms with Gasteiger partial charge in [0.05, 0.1) is 5.56 Å². The summed E-state index contributed by atoms with van der Waals surface area (Å²) in [6.45, 7) is -1.75. The molecule has 0 aliphatic carbocycles. The average Bonchev–Trinajstić information content (AvgIpc) is 2.55. The smallest absolute Gasteiger partial charge is 0.387 e. The normalized spacial score (nSPS) is 10.4. The van der Waals surface area contributed by atoms with E-state index < -0.39 is 25.1 Å². The molecule has 0 fully saturated rings. The van der Waals surface area contributed by atoms with Crippen LogP contribution in [0.2, 0.25) is 5.02 Å². The highest BCUT2D eigenvalue weighted by atomic mass is 35.5. The summed E-state index contributed by atoms with van der Waals surface area (Å²) in [5.74, 6) is -1.57. The molecular formula is C17H14ClF2NO4. The topological polar surface area (TPSA) is 64.6 Å². The minimum atomic E-state index is -3.00. The number of anilines is 1. The molecule has 0 unspecified atom stereocenters. The lowest BCUT2D eigenvalue weighted by atomic mass is 10.2. The molecule has 0 spiro atoms. The fraction of sp³-hybridized carbons (Fsp3) is 0.176. The van der Waals surface area contributed by atoms with Crippen molar-refractivity contribution in [3.8, 4) is 5.75 Å². The Morgan fingerprint density at radius 2 is 1.96 bits per heavy atom. The van der Waals surface area contributed by atoms with Gasteiger partial charge in [0.1, 0.15) is 5.75 Å². The van der Waals surface area contributed by atoms with Gasteiger partial charge in [0.2, 0.25) is 0 Å². The van der Waals surface area contributed by atoms with Gasteiger partial charge in [-0.25, -0.2) is 4.79 Å². The molecule has 25 heavy (non-hydrogen) atoms. The summed E-state index contributed by atoms with van der Waals surface area (Å²) in [5.41, 5.74) is 1.28. The molecule has 2 aromatic carbocycles. The largest absolute Gasteiger partial charge is 0.452 e. The number of rotatable bonds is 6. The molecule has 5 nitrogen and oxygen atoms in total. The first kappa shape index (κ1) is 18.7. The highest BCUT2D eigenvalue weighted by molar-refractivity contribution is 6.31. The molecule has 0 atom stereocenters. The Morgan fingerprint density at radius 3 is 2.68 bits per heavy atom. The highest BCUT2D eigenvalue weighted by Gasteiger charge is 2.13. The van der Waals surface area contributed by atoms with Crippen LogP contribution < -0.4 is 10.1 Å². The van der Waals surface area contributed by atoms with Crippen LogP contribution in [-0.2, 0) is 9.53 Å². The molecule has 0 heterocycles. The lowest BCUT2D eigenvalue weighted by Gasteiger charge is -2.10. The van der Waals surface area contributed by atoms with Crippen molar-refractivity contribution < 1.29 is 27.8 Å². The van der Waals surface area contributed by atoms with Gasteiger partial charge >= 0.3 is 12.6 Å². The Bertz CT molecular complexity index is 783. The van der Waals surface area contributed by atoms with Crippen molar-refractivity contribution in [1.82, 2.24) is 0 Å². The number of hydrogen-bond acceptors (Lipinski definition) is 4. The van der Waals surface area contributed by atoms with Crippen molar-refractivity contribution >= 4 is 29.2 Å². The van der Waals surface area contributed by atoms with Gasteiger partial charge in [-0.2, -0.15) is 8.78 Å². The van der Waals surface area contributed by atoms with Crippen LogP contribution in [-0.4, -0.2) is 25.1 Å². The van der Waals surface area contributed by atoms with Crippen molar-refractivity contribution in [1.29, 1.82) is 0 Å². The van der Waals surface area contributed by atoms with Gasteiger partial charge in [-0.3, -0.25) is 4.79 Å². The molecule has 0 saturated carbocycles. The second-order valence-electron chi connectivity index (χ2n) is 4.99. The van der Waals surface area contributed by atoms with E-state index >= 15 is 0 Å². The van der Waals surface area contributed by atoms with E-state index in [2.05, 4.69) is 10.1 Å². The van der Waals surface area contributed by atoms with E-state index in [9.17, 15) is 18.4 Å². The van der Waals surface area contributed by atoms with Gasteiger partial charge in [0, 0.05) is 10.7 Å². The van der Waals surface area contributed by atoms with E-state index in [1.54, 1.807) is 25.1 Å². The first-order valence-corrected chi connectivity index (χ1v) is 7.51. The maximum Gasteiger partial charge on any atom is 0.387 e. The van der Waals surface area contributed by atoms with Gasteiger partial charge in [0.25, 0.3) is 5.91 Å². The van der Waals surface area contributed by atoms with Gasteiger partial charge in [-0.05, 0) is 42.8 Å². The minimum absolute atomic E-state index is 0.00936. The minimum Gasteiger partial charge on any atom is -0.452 e. The number of amides is 1. The summed E-state index contributed by atoms with van der Waals surface area (Å²) in [6, 6.07) is 10.1.